The van der Waals surface area contributed by atoms with E-state index in [9.17, 15) is 8.42 Å². The molecule has 2 heterocycles. The van der Waals surface area contributed by atoms with E-state index in [1.165, 1.54) is 16.7 Å². The average Bonchev–Trinajstić information content (AvgIpc) is 3.02. The molecule has 0 spiro atoms. The summed E-state index contributed by atoms with van der Waals surface area (Å²) in [7, 11) is -3.61. The molecule has 0 aliphatic carbocycles. The normalized spacial score (nSPS) is 13.4. The van der Waals surface area contributed by atoms with Crippen molar-refractivity contribution >= 4 is 9.84 Å². The molecule has 1 aliphatic rings. The van der Waals surface area contributed by atoms with Crippen LogP contribution in [0.5, 0.6) is 0 Å². The Hall–Kier alpha value is -2.40. The largest absolute Gasteiger partial charge is 0.314 e. The summed E-state index contributed by atoms with van der Waals surface area (Å²) in [6.45, 7) is 4.81. The fourth-order valence-corrected chi connectivity index (χ4v) is 4.66. The molecule has 0 saturated carbocycles. The maximum absolute atomic E-state index is 12.9. The Labute approximate surface area is 141 Å². The van der Waals surface area contributed by atoms with Crippen LogP contribution in [-0.2, 0) is 22.8 Å². The highest BCUT2D eigenvalue weighted by Crippen LogP contribution is 2.34. The molecule has 0 amide bonds. The van der Waals surface area contributed by atoms with Crippen molar-refractivity contribution in [3.05, 3.63) is 65.4 Å². The second kappa shape index (κ2) is 5.31. The zero-order valence-electron chi connectivity index (χ0n) is 13.7. The van der Waals surface area contributed by atoms with Gasteiger partial charge < -0.3 is 4.57 Å². The summed E-state index contributed by atoms with van der Waals surface area (Å²) in [5.74, 6) is 0. The number of hydrogen-bond acceptors (Lipinski definition) is 3. The van der Waals surface area contributed by atoms with E-state index < -0.39 is 9.84 Å². The third-order valence-electron chi connectivity index (χ3n) is 4.71. The predicted molar refractivity (Wildman–Crippen MR) is 92.7 cm³/mol. The topological polar surface area (TPSA) is 52.0 Å². The molecule has 1 aromatic heterocycles. The number of sulfone groups is 1. The van der Waals surface area contributed by atoms with Gasteiger partial charge in [-0.15, -0.1) is 0 Å². The minimum absolute atomic E-state index is 0.132. The van der Waals surface area contributed by atoms with E-state index in [0.29, 0.717) is 6.54 Å². The van der Waals surface area contributed by atoms with Gasteiger partial charge in [0.2, 0.25) is 15.0 Å². The lowest BCUT2D eigenvalue weighted by atomic mass is 9.94. The Kier molecular flexibility index (Phi) is 3.35. The Morgan fingerprint density at radius 3 is 2.50 bits per heavy atom. The number of aryl methyl sites for hydroxylation is 3. The summed E-state index contributed by atoms with van der Waals surface area (Å²) in [4.78, 5) is 4.55. The molecule has 4 nitrogen and oxygen atoms in total. The van der Waals surface area contributed by atoms with Crippen LogP contribution in [0.1, 0.15) is 16.7 Å². The van der Waals surface area contributed by atoms with E-state index in [-0.39, 0.29) is 10.1 Å². The van der Waals surface area contributed by atoms with Gasteiger partial charge in [-0.25, -0.2) is 13.4 Å². The van der Waals surface area contributed by atoms with Crippen molar-refractivity contribution < 1.29 is 8.42 Å². The summed E-state index contributed by atoms with van der Waals surface area (Å²) < 4.78 is 27.7. The molecule has 0 N–H and O–H groups in total. The summed E-state index contributed by atoms with van der Waals surface area (Å²) in [6.07, 6.45) is 2.50. The molecular formula is C19H18N2O2S. The molecule has 4 rings (SSSR count). The van der Waals surface area contributed by atoms with Gasteiger partial charge in [-0.3, -0.25) is 0 Å². The van der Waals surface area contributed by atoms with Crippen LogP contribution < -0.4 is 0 Å². The lowest BCUT2D eigenvalue weighted by Crippen LogP contribution is -2.17. The van der Waals surface area contributed by atoms with Crippen molar-refractivity contribution in [1.82, 2.24) is 9.55 Å². The van der Waals surface area contributed by atoms with Gasteiger partial charge >= 0.3 is 0 Å². The van der Waals surface area contributed by atoms with Gasteiger partial charge in [0.15, 0.2) is 0 Å². The van der Waals surface area contributed by atoms with Gasteiger partial charge in [-0.05, 0) is 55.2 Å². The smallest absolute Gasteiger partial charge is 0.240 e. The first kappa shape index (κ1) is 15.1. The number of fused-ring (bicyclic) bond motifs is 3. The number of rotatable bonds is 2. The highest BCUT2D eigenvalue weighted by molar-refractivity contribution is 7.91. The Morgan fingerprint density at radius 2 is 1.75 bits per heavy atom. The summed E-state index contributed by atoms with van der Waals surface area (Å²) in [5, 5.41) is 0.132. The summed E-state index contributed by atoms with van der Waals surface area (Å²) in [5.41, 5.74) is 5.70. The van der Waals surface area contributed by atoms with Crippen molar-refractivity contribution in [3.63, 3.8) is 0 Å². The zero-order chi connectivity index (χ0) is 16.9. The molecule has 1 aliphatic heterocycles. The minimum Gasteiger partial charge on any atom is -0.314 e. The first-order chi connectivity index (χ1) is 11.5. The lowest BCUT2D eigenvalue weighted by Gasteiger charge is -2.21. The molecule has 0 atom stereocenters. The maximum Gasteiger partial charge on any atom is 0.240 e. The number of imidazole rings is 1. The van der Waals surface area contributed by atoms with Gasteiger partial charge in [0.25, 0.3) is 0 Å². The fourth-order valence-electron chi connectivity index (χ4n) is 3.26. The van der Waals surface area contributed by atoms with Crippen LogP contribution >= 0.6 is 0 Å². The van der Waals surface area contributed by atoms with Crippen molar-refractivity contribution in [2.75, 3.05) is 0 Å². The van der Waals surface area contributed by atoms with Crippen molar-refractivity contribution in [1.29, 1.82) is 0 Å². The standard InChI is InChI=1S/C19H18N2O2S/c1-13-10-15-8-9-21-18(17(15)11-14(13)2)12-20-19(21)24(22,23)16-6-4-3-5-7-16/h3-7,10-12H,8-9H2,1-2H3. The van der Waals surface area contributed by atoms with Crippen LogP contribution in [0.15, 0.2) is 58.7 Å². The summed E-state index contributed by atoms with van der Waals surface area (Å²) >= 11 is 0. The van der Waals surface area contributed by atoms with Gasteiger partial charge in [0, 0.05) is 12.1 Å². The molecule has 24 heavy (non-hydrogen) atoms. The molecule has 0 fully saturated rings. The molecule has 3 aromatic rings. The molecule has 0 bridgehead atoms. The quantitative estimate of drug-likeness (QED) is 0.718. The van der Waals surface area contributed by atoms with Crippen LogP contribution in [0.4, 0.5) is 0 Å². The Bertz CT molecular complexity index is 1030. The number of hydrogen-bond donors (Lipinski definition) is 0. The van der Waals surface area contributed by atoms with Crippen LogP contribution in [0, 0.1) is 13.8 Å². The second-order valence-corrected chi connectivity index (χ2v) is 8.08. The summed E-state index contributed by atoms with van der Waals surface area (Å²) in [6, 6.07) is 12.8. The monoisotopic (exact) mass is 338 g/mol. The van der Waals surface area contributed by atoms with E-state index in [1.807, 2.05) is 4.57 Å². The van der Waals surface area contributed by atoms with E-state index >= 15 is 0 Å². The zero-order valence-corrected chi connectivity index (χ0v) is 14.5. The molecule has 0 radical (unpaired) electrons. The highest BCUT2D eigenvalue weighted by Gasteiger charge is 2.28. The predicted octanol–water partition coefficient (Wildman–Crippen LogP) is 3.56. The SMILES string of the molecule is Cc1cc2c(cc1C)-c1cnc(S(=O)(=O)c3ccccc3)n1CC2. The number of nitrogens with zero attached hydrogens (tertiary/aromatic N) is 2. The molecule has 2 aromatic carbocycles. The van der Waals surface area contributed by atoms with Crippen molar-refractivity contribution in [3.8, 4) is 11.3 Å². The molecule has 5 heteroatoms. The van der Waals surface area contributed by atoms with E-state index in [4.69, 9.17) is 0 Å². The fraction of sp³-hybridized carbons (Fsp3) is 0.211. The minimum atomic E-state index is -3.61. The number of benzene rings is 2. The average molecular weight is 338 g/mol. The second-order valence-electron chi connectivity index (χ2n) is 6.24. The van der Waals surface area contributed by atoms with Gasteiger partial charge in [0.05, 0.1) is 16.8 Å². The molecule has 0 unspecified atom stereocenters. The van der Waals surface area contributed by atoms with Gasteiger partial charge in [-0.2, -0.15) is 0 Å². The maximum atomic E-state index is 12.9. The number of aromatic nitrogens is 2. The third-order valence-corrected chi connectivity index (χ3v) is 6.41. The van der Waals surface area contributed by atoms with Crippen molar-refractivity contribution in [2.45, 2.75) is 36.9 Å². The highest BCUT2D eigenvalue weighted by atomic mass is 32.2. The first-order valence-corrected chi connectivity index (χ1v) is 9.43. The molecular weight excluding hydrogens is 320 g/mol. The van der Waals surface area contributed by atoms with Gasteiger partial charge in [0.1, 0.15) is 0 Å². The molecule has 122 valence electrons. The van der Waals surface area contributed by atoms with Crippen LogP contribution in [0.3, 0.4) is 0 Å². The Morgan fingerprint density at radius 1 is 1.04 bits per heavy atom. The first-order valence-electron chi connectivity index (χ1n) is 7.94. The van der Waals surface area contributed by atoms with E-state index in [2.05, 4.69) is 31.0 Å². The molecule has 0 saturated heterocycles. The Balaban J connectivity index is 1.89. The lowest BCUT2D eigenvalue weighted by molar-refractivity contribution is 0.558. The van der Waals surface area contributed by atoms with Crippen LogP contribution in [0.2, 0.25) is 0 Å². The van der Waals surface area contributed by atoms with Gasteiger partial charge in [-0.1, -0.05) is 24.3 Å². The van der Waals surface area contributed by atoms with E-state index in [0.717, 1.165) is 17.7 Å². The van der Waals surface area contributed by atoms with Crippen LogP contribution in [-0.4, -0.2) is 18.0 Å². The van der Waals surface area contributed by atoms with Crippen molar-refractivity contribution in [2.24, 2.45) is 0 Å². The van der Waals surface area contributed by atoms with Crippen LogP contribution in [0.25, 0.3) is 11.3 Å². The van der Waals surface area contributed by atoms with E-state index in [1.54, 1.807) is 36.5 Å². The third kappa shape index (κ3) is 2.19.